The van der Waals surface area contributed by atoms with Crippen molar-refractivity contribution in [1.82, 2.24) is 0 Å². The maximum atomic E-state index is 10.8. The summed E-state index contributed by atoms with van der Waals surface area (Å²) >= 11 is 0. The first kappa shape index (κ1) is 18.9. The van der Waals surface area contributed by atoms with Crippen LogP contribution in [0.3, 0.4) is 0 Å². The molecule has 0 spiro atoms. The molecule has 3 rings (SSSR count). The van der Waals surface area contributed by atoms with Crippen LogP contribution in [0.5, 0.6) is 23.0 Å². The number of hydrogen-bond donors (Lipinski definition) is 1. The molecule has 2 aromatic rings. The standard InChI is InChI=1S/C21H25NO5/c1-21(2)12-27-20(22-21)15-8-6-7-14(18(15)23)9-13-10-16(24-3)19(26-5)17(11-13)25-4/h6-8,10-11,23H,9,12H2,1-5H3. The molecule has 1 aliphatic heterocycles. The Hall–Kier alpha value is -2.89. The predicted molar refractivity (Wildman–Crippen MR) is 104 cm³/mol. The van der Waals surface area contributed by atoms with Crippen molar-refractivity contribution in [2.24, 2.45) is 4.99 Å². The Morgan fingerprint density at radius 1 is 1.07 bits per heavy atom. The van der Waals surface area contributed by atoms with Gasteiger partial charge in [-0.1, -0.05) is 12.1 Å². The van der Waals surface area contributed by atoms with Gasteiger partial charge in [-0.3, -0.25) is 0 Å². The van der Waals surface area contributed by atoms with E-state index < -0.39 is 0 Å². The Morgan fingerprint density at radius 2 is 1.74 bits per heavy atom. The molecule has 0 amide bonds. The third-order valence-corrected chi connectivity index (χ3v) is 4.44. The van der Waals surface area contributed by atoms with Gasteiger partial charge in [-0.15, -0.1) is 0 Å². The maximum Gasteiger partial charge on any atom is 0.220 e. The molecule has 0 radical (unpaired) electrons. The van der Waals surface area contributed by atoms with Crippen molar-refractivity contribution in [1.29, 1.82) is 0 Å². The van der Waals surface area contributed by atoms with Crippen molar-refractivity contribution >= 4 is 5.90 Å². The number of rotatable bonds is 6. The van der Waals surface area contributed by atoms with Gasteiger partial charge < -0.3 is 24.1 Å². The monoisotopic (exact) mass is 371 g/mol. The highest BCUT2D eigenvalue weighted by molar-refractivity contribution is 5.98. The van der Waals surface area contributed by atoms with Gasteiger partial charge >= 0.3 is 0 Å². The summed E-state index contributed by atoms with van der Waals surface area (Å²) in [5, 5.41) is 10.8. The summed E-state index contributed by atoms with van der Waals surface area (Å²) < 4.78 is 21.9. The van der Waals surface area contributed by atoms with Crippen LogP contribution in [0.15, 0.2) is 35.3 Å². The molecular weight excluding hydrogens is 346 g/mol. The number of hydrogen-bond acceptors (Lipinski definition) is 6. The molecule has 0 unspecified atom stereocenters. The van der Waals surface area contributed by atoms with Gasteiger partial charge in [0.05, 0.1) is 32.4 Å². The van der Waals surface area contributed by atoms with Gasteiger partial charge in [0.2, 0.25) is 11.6 Å². The molecule has 1 aliphatic rings. The van der Waals surface area contributed by atoms with Gasteiger partial charge in [0, 0.05) is 6.42 Å². The van der Waals surface area contributed by atoms with Gasteiger partial charge in [0.15, 0.2) is 11.5 Å². The second kappa shape index (κ2) is 7.39. The topological polar surface area (TPSA) is 69.5 Å². The average molecular weight is 371 g/mol. The molecule has 27 heavy (non-hydrogen) atoms. The lowest BCUT2D eigenvalue weighted by molar-refractivity contribution is 0.279. The normalized spacial score (nSPS) is 15.1. The van der Waals surface area contributed by atoms with Gasteiger partial charge in [0.25, 0.3) is 0 Å². The number of phenols is 1. The van der Waals surface area contributed by atoms with E-state index in [2.05, 4.69) is 4.99 Å². The summed E-state index contributed by atoms with van der Waals surface area (Å²) in [5.74, 6) is 2.34. The lowest BCUT2D eigenvalue weighted by Gasteiger charge is -2.15. The lowest BCUT2D eigenvalue weighted by atomic mass is 10.0. The molecule has 0 bridgehead atoms. The molecule has 144 valence electrons. The van der Waals surface area contributed by atoms with Crippen molar-refractivity contribution in [2.45, 2.75) is 25.8 Å². The van der Waals surface area contributed by atoms with Gasteiger partial charge in [-0.05, 0) is 43.2 Å². The number of ether oxygens (including phenoxy) is 4. The fourth-order valence-corrected chi connectivity index (χ4v) is 3.09. The fraction of sp³-hybridized carbons (Fsp3) is 0.381. The van der Waals surface area contributed by atoms with E-state index in [1.807, 2.05) is 44.2 Å². The average Bonchev–Trinajstić information content (AvgIpc) is 3.02. The zero-order valence-electron chi connectivity index (χ0n) is 16.3. The van der Waals surface area contributed by atoms with Crippen molar-refractivity contribution < 1.29 is 24.1 Å². The second-order valence-corrected chi connectivity index (χ2v) is 7.04. The van der Waals surface area contributed by atoms with E-state index in [0.717, 1.165) is 11.1 Å². The number of methoxy groups -OCH3 is 3. The Bertz CT molecular complexity index is 848. The molecule has 0 atom stereocenters. The van der Waals surface area contributed by atoms with Gasteiger partial charge in [-0.2, -0.15) is 0 Å². The summed E-state index contributed by atoms with van der Waals surface area (Å²) in [5.41, 5.74) is 2.00. The van der Waals surface area contributed by atoms with Crippen LogP contribution in [0, 0.1) is 0 Å². The summed E-state index contributed by atoms with van der Waals surface area (Å²) in [6.07, 6.45) is 0.493. The van der Waals surface area contributed by atoms with E-state index >= 15 is 0 Å². The molecule has 2 aromatic carbocycles. The first-order valence-electron chi connectivity index (χ1n) is 8.71. The number of para-hydroxylation sites is 1. The minimum Gasteiger partial charge on any atom is -0.507 e. The van der Waals surface area contributed by atoms with Crippen LogP contribution < -0.4 is 14.2 Å². The van der Waals surface area contributed by atoms with E-state index in [0.29, 0.717) is 41.7 Å². The zero-order chi connectivity index (χ0) is 19.6. The van der Waals surface area contributed by atoms with Crippen LogP contribution in [0.25, 0.3) is 0 Å². The Kier molecular flexibility index (Phi) is 5.17. The van der Waals surface area contributed by atoms with Crippen LogP contribution in [0.1, 0.15) is 30.5 Å². The highest BCUT2D eigenvalue weighted by Gasteiger charge is 2.28. The number of aliphatic imine (C=N–C) groups is 1. The van der Waals surface area contributed by atoms with E-state index in [4.69, 9.17) is 18.9 Å². The smallest absolute Gasteiger partial charge is 0.220 e. The molecule has 0 aromatic heterocycles. The Balaban J connectivity index is 1.96. The number of nitrogens with zero attached hydrogens (tertiary/aromatic N) is 1. The van der Waals surface area contributed by atoms with Crippen LogP contribution in [0.4, 0.5) is 0 Å². The van der Waals surface area contributed by atoms with Crippen molar-refractivity contribution in [3.05, 3.63) is 47.0 Å². The summed E-state index contributed by atoms with van der Waals surface area (Å²) in [7, 11) is 4.73. The third-order valence-electron chi connectivity index (χ3n) is 4.44. The maximum absolute atomic E-state index is 10.8. The highest BCUT2D eigenvalue weighted by atomic mass is 16.5. The minimum absolute atomic E-state index is 0.169. The van der Waals surface area contributed by atoms with Crippen LogP contribution in [-0.2, 0) is 11.2 Å². The van der Waals surface area contributed by atoms with Gasteiger partial charge in [0.1, 0.15) is 12.4 Å². The Labute approximate surface area is 159 Å². The highest BCUT2D eigenvalue weighted by Crippen LogP contribution is 2.39. The molecule has 1 N–H and O–H groups in total. The van der Waals surface area contributed by atoms with Crippen LogP contribution in [-0.4, -0.2) is 44.5 Å². The SMILES string of the molecule is COc1cc(Cc2cccc(C3=NC(C)(C)CO3)c2O)cc(OC)c1OC. The Morgan fingerprint density at radius 3 is 2.26 bits per heavy atom. The number of aromatic hydroxyl groups is 1. The molecule has 0 fully saturated rings. The van der Waals surface area contributed by atoms with E-state index in [1.165, 1.54) is 0 Å². The predicted octanol–water partition coefficient (Wildman–Crippen LogP) is 3.56. The molecule has 0 saturated carbocycles. The molecule has 6 nitrogen and oxygen atoms in total. The third kappa shape index (κ3) is 3.79. The molecule has 6 heteroatoms. The van der Waals surface area contributed by atoms with Crippen LogP contribution in [0.2, 0.25) is 0 Å². The minimum atomic E-state index is -0.283. The van der Waals surface area contributed by atoms with E-state index in [9.17, 15) is 5.11 Å². The summed E-state index contributed by atoms with van der Waals surface area (Å²) in [4.78, 5) is 4.55. The fourth-order valence-electron chi connectivity index (χ4n) is 3.09. The molecular formula is C21H25NO5. The quantitative estimate of drug-likeness (QED) is 0.841. The lowest BCUT2D eigenvalue weighted by Crippen LogP contribution is -2.17. The molecule has 0 aliphatic carbocycles. The largest absolute Gasteiger partial charge is 0.507 e. The van der Waals surface area contributed by atoms with Crippen LogP contribution >= 0.6 is 0 Å². The first-order valence-corrected chi connectivity index (χ1v) is 8.71. The van der Waals surface area contributed by atoms with Crippen molar-refractivity contribution in [2.75, 3.05) is 27.9 Å². The second-order valence-electron chi connectivity index (χ2n) is 7.04. The van der Waals surface area contributed by atoms with Gasteiger partial charge in [-0.25, -0.2) is 4.99 Å². The summed E-state index contributed by atoms with van der Waals surface area (Å²) in [6, 6.07) is 9.33. The molecule has 1 heterocycles. The zero-order valence-corrected chi connectivity index (χ0v) is 16.3. The van der Waals surface area contributed by atoms with E-state index in [-0.39, 0.29) is 11.3 Å². The first-order chi connectivity index (χ1) is 12.9. The molecule has 0 saturated heterocycles. The van der Waals surface area contributed by atoms with E-state index in [1.54, 1.807) is 21.3 Å². The number of benzene rings is 2. The van der Waals surface area contributed by atoms with Crippen molar-refractivity contribution in [3.8, 4) is 23.0 Å². The van der Waals surface area contributed by atoms with Crippen molar-refractivity contribution in [3.63, 3.8) is 0 Å². The number of phenolic OH excluding ortho intramolecular Hbond substituents is 1. The summed E-state index contributed by atoms with van der Waals surface area (Å²) in [6.45, 7) is 4.49.